The number of carbonyl (C=O) groups is 1. The lowest BCUT2D eigenvalue weighted by atomic mass is 10.1. The molecule has 0 aliphatic carbocycles. The fraction of sp³-hybridized carbons (Fsp3) is 0.0909. The van der Waals surface area contributed by atoms with Crippen LogP contribution in [-0.2, 0) is 4.79 Å². The molecule has 0 saturated carbocycles. The Kier molecular flexibility index (Phi) is 2.89. The van der Waals surface area contributed by atoms with Gasteiger partial charge in [-0.1, -0.05) is 35.3 Å². The first-order valence-corrected chi connectivity index (χ1v) is 5.16. The topological polar surface area (TPSA) is 29.4 Å². The van der Waals surface area contributed by atoms with E-state index in [0.29, 0.717) is 22.2 Å². The zero-order valence-electron chi connectivity index (χ0n) is 7.71. The first-order valence-electron chi connectivity index (χ1n) is 4.40. The number of carbonyl (C=O) groups excluding carboxylic acids is 1. The Labute approximate surface area is 97.2 Å². The maximum absolute atomic E-state index is 11.1. The van der Waals surface area contributed by atoms with Crippen LogP contribution >= 0.6 is 23.2 Å². The molecular formula is C11H7Cl2NO. The van der Waals surface area contributed by atoms with Crippen LogP contribution in [0, 0.1) is 0 Å². The van der Waals surface area contributed by atoms with Gasteiger partial charge in [0.1, 0.15) is 0 Å². The van der Waals surface area contributed by atoms with Gasteiger partial charge in [0, 0.05) is 12.0 Å². The van der Waals surface area contributed by atoms with Crippen LogP contribution in [0.4, 0.5) is 0 Å². The van der Waals surface area contributed by atoms with Crippen LogP contribution < -0.4 is 0 Å². The first kappa shape index (κ1) is 10.4. The van der Waals surface area contributed by atoms with Crippen LogP contribution in [0.1, 0.15) is 12.0 Å². The fourth-order valence-corrected chi connectivity index (χ4v) is 1.60. The molecule has 4 heteroatoms. The number of nitrogens with zero attached hydrogens (tertiary/aromatic N) is 1. The lowest BCUT2D eigenvalue weighted by molar-refractivity contribution is -0.117. The third kappa shape index (κ3) is 2.28. The number of hydrogen-bond donors (Lipinski definition) is 0. The molecule has 0 aromatic heterocycles. The third-order valence-electron chi connectivity index (χ3n) is 2.03. The molecule has 2 nitrogen and oxygen atoms in total. The Balaban J connectivity index is 2.42. The second-order valence-electron chi connectivity index (χ2n) is 3.13. The van der Waals surface area contributed by atoms with Crippen molar-refractivity contribution in [3.8, 4) is 0 Å². The van der Waals surface area contributed by atoms with E-state index >= 15 is 0 Å². The lowest BCUT2D eigenvalue weighted by Gasteiger charge is -2.06. The van der Waals surface area contributed by atoms with Crippen LogP contribution in [0.15, 0.2) is 35.3 Å². The van der Waals surface area contributed by atoms with Crippen LogP contribution in [-0.4, -0.2) is 11.6 Å². The summed E-state index contributed by atoms with van der Waals surface area (Å²) in [4.78, 5) is 15.0. The second kappa shape index (κ2) is 4.17. The van der Waals surface area contributed by atoms with Gasteiger partial charge in [-0.2, -0.15) is 0 Å². The normalized spacial score (nSPS) is 15.3. The van der Waals surface area contributed by atoms with Crippen molar-refractivity contribution in [1.82, 2.24) is 0 Å². The van der Waals surface area contributed by atoms with Crippen molar-refractivity contribution < 1.29 is 4.79 Å². The highest BCUT2D eigenvalue weighted by molar-refractivity contribution is 6.42. The number of allylic oxidation sites excluding steroid dienone is 1. The fourth-order valence-electron chi connectivity index (χ4n) is 1.30. The van der Waals surface area contributed by atoms with E-state index in [1.54, 1.807) is 30.4 Å². The molecule has 0 fully saturated rings. The van der Waals surface area contributed by atoms with Crippen molar-refractivity contribution in [1.29, 1.82) is 0 Å². The quantitative estimate of drug-likeness (QED) is 0.740. The van der Waals surface area contributed by atoms with Gasteiger partial charge in [0.05, 0.1) is 15.8 Å². The molecule has 0 saturated heterocycles. The smallest absolute Gasteiger partial charge is 0.250 e. The molecule has 1 aliphatic rings. The molecule has 1 amide bonds. The largest absolute Gasteiger partial charge is 0.272 e. The molecule has 1 aliphatic heterocycles. The van der Waals surface area contributed by atoms with Crippen LogP contribution in [0.5, 0.6) is 0 Å². The predicted octanol–water partition coefficient (Wildman–Crippen LogP) is 3.27. The summed E-state index contributed by atoms with van der Waals surface area (Å²) in [7, 11) is 0. The summed E-state index contributed by atoms with van der Waals surface area (Å²) in [5.41, 5.74) is 1.43. The summed E-state index contributed by atoms with van der Waals surface area (Å²) < 4.78 is 0. The Morgan fingerprint density at radius 3 is 2.67 bits per heavy atom. The maximum Gasteiger partial charge on any atom is 0.250 e. The molecule has 76 valence electrons. The first-order chi connectivity index (χ1) is 7.16. The van der Waals surface area contributed by atoms with Crippen molar-refractivity contribution >= 4 is 34.8 Å². The minimum absolute atomic E-state index is 0.140. The van der Waals surface area contributed by atoms with Gasteiger partial charge >= 0.3 is 0 Å². The number of hydrogen-bond acceptors (Lipinski definition) is 1. The summed E-state index contributed by atoms with van der Waals surface area (Å²) in [6, 6.07) is 5.18. The van der Waals surface area contributed by atoms with Crippen molar-refractivity contribution in [2.75, 3.05) is 0 Å². The summed E-state index contributed by atoms with van der Waals surface area (Å²) >= 11 is 11.7. The van der Waals surface area contributed by atoms with E-state index in [1.165, 1.54) is 0 Å². The van der Waals surface area contributed by atoms with E-state index in [1.807, 2.05) is 0 Å². The van der Waals surface area contributed by atoms with Crippen LogP contribution in [0.3, 0.4) is 0 Å². The Morgan fingerprint density at radius 2 is 2.00 bits per heavy atom. The van der Waals surface area contributed by atoms with Crippen molar-refractivity contribution in [3.63, 3.8) is 0 Å². The molecule has 0 N–H and O–H groups in total. The van der Waals surface area contributed by atoms with Gasteiger partial charge in [0.2, 0.25) is 5.91 Å². The number of halogens is 2. The van der Waals surface area contributed by atoms with E-state index in [2.05, 4.69) is 4.99 Å². The molecule has 1 aromatic carbocycles. The molecule has 0 bridgehead atoms. The molecule has 1 heterocycles. The summed E-state index contributed by atoms with van der Waals surface area (Å²) in [5, 5.41) is 0.954. The molecule has 0 spiro atoms. The highest BCUT2D eigenvalue weighted by atomic mass is 35.5. The van der Waals surface area contributed by atoms with Crippen molar-refractivity contribution in [3.05, 3.63) is 46.0 Å². The molecule has 15 heavy (non-hydrogen) atoms. The summed E-state index contributed by atoms with van der Waals surface area (Å²) in [6.07, 6.45) is 3.96. The predicted molar refractivity (Wildman–Crippen MR) is 61.8 cm³/mol. The monoisotopic (exact) mass is 239 g/mol. The van der Waals surface area contributed by atoms with Gasteiger partial charge in [-0.3, -0.25) is 4.79 Å². The molecule has 2 rings (SSSR count). The molecule has 0 radical (unpaired) electrons. The highest BCUT2D eigenvalue weighted by Gasteiger charge is 2.09. The van der Waals surface area contributed by atoms with Crippen molar-refractivity contribution in [2.24, 2.45) is 4.99 Å². The molecule has 0 unspecified atom stereocenters. The summed E-state index contributed by atoms with van der Waals surface area (Å²) in [6.45, 7) is 0. The number of dihydropyridines is 1. The van der Waals surface area contributed by atoms with E-state index in [0.717, 1.165) is 5.56 Å². The maximum atomic E-state index is 11.1. The SMILES string of the molecule is O=C1CC=CC(c2ccc(Cl)c(Cl)c2)=N1. The molecular weight excluding hydrogens is 233 g/mol. The number of benzene rings is 1. The zero-order chi connectivity index (χ0) is 10.8. The number of aliphatic imine (C=N–C) groups is 1. The Morgan fingerprint density at radius 1 is 1.20 bits per heavy atom. The number of amides is 1. The minimum Gasteiger partial charge on any atom is -0.272 e. The lowest BCUT2D eigenvalue weighted by Crippen LogP contribution is -2.06. The number of rotatable bonds is 1. The van der Waals surface area contributed by atoms with Crippen LogP contribution in [0.2, 0.25) is 10.0 Å². The molecule has 1 aromatic rings. The standard InChI is InChI=1S/C11H7Cl2NO/c12-8-5-4-7(6-9(8)13)10-2-1-3-11(15)14-10/h1-2,4-6H,3H2. The molecule has 0 atom stereocenters. The van der Waals surface area contributed by atoms with Gasteiger partial charge in [0.25, 0.3) is 0 Å². The highest BCUT2D eigenvalue weighted by Crippen LogP contribution is 2.23. The average Bonchev–Trinajstić information content (AvgIpc) is 2.22. The minimum atomic E-state index is -0.140. The third-order valence-corrected chi connectivity index (χ3v) is 2.77. The van der Waals surface area contributed by atoms with E-state index in [9.17, 15) is 4.79 Å². The second-order valence-corrected chi connectivity index (χ2v) is 3.94. The van der Waals surface area contributed by atoms with Crippen molar-refractivity contribution in [2.45, 2.75) is 6.42 Å². The Bertz CT molecular complexity index is 477. The average molecular weight is 240 g/mol. The van der Waals surface area contributed by atoms with Gasteiger partial charge in [-0.15, -0.1) is 0 Å². The van der Waals surface area contributed by atoms with Crippen LogP contribution in [0.25, 0.3) is 0 Å². The van der Waals surface area contributed by atoms with E-state index in [-0.39, 0.29) is 5.91 Å². The summed E-state index contributed by atoms with van der Waals surface area (Å²) in [5.74, 6) is -0.140. The Hall–Kier alpha value is -1.12. The van der Waals surface area contributed by atoms with E-state index < -0.39 is 0 Å². The van der Waals surface area contributed by atoms with Gasteiger partial charge in [0.15, 0.2) is 0 Å². The van der Waals surface area contributed by atoms with Gasteiger partial charge < -0.3 is 0 Å². The van der Waals surface area contributed by atoms with Gasteiger partial charge in [-0.25, -0.2) is 4.99 Å². The van der Waals surface area contributed by atoms with Gasteiger partial charge in [-0.05, 0) is 18.2 Å². The van der Waals surface area contributed by atoms with E-state index in [4.69, 9.17) is 23.2 Å². The zero-order valence-corrected chi connectivity index (χ0v) is 9.22.